The number of esters is 1. The molecule has 0 aliphatic rings. The van der Waals surface area contributed by atoms with E-state index in [2.05, 4.69) is 0 Å². The highest BCUT2D eigenvalue weighted by atomic mass is 16.5. The summed E-state index contributed by atoms with van der Waals surface area (Å²) < 4.78 is 10.2. The first-order chi connectivity index (χ1) is 9.58. The highest BCUT2D eigenvalue weighted by molar-refractivity contribution is 5.83. The van der Waals surface area contributed by atoms with E-state index in [1.54, 1.807) is 38.1 Å². The molecule has 1 aromatic carbocycles. The zero-order valence-electron chi connectivity index (χ0n) is 11.8. The van der Waals surface area contributed by atoms with Crippen LogP contribution in [0.2, 0.25) is 0 Å². The molecule has 20 heavy (non-hydrogen) atoms. The Morgan fingerprint density at radius 3 is 2.55 bits per heavy atom. The van der Waals surface area contributed by atoms with Crippen LogP contribution in [0.3, 0.4) is 0 Å². The Hall–Kier alpha value is -2.24. The van der Waals surface area contributed by atoms with Crippen LogP contribution in [0, 0.1) is 0 Å². The van der Waals surface area contributed by atoms with Crippen LogP contribution in [0.4, 0.5) is 5.69 Å². The van der Waals surface area contributed by atoms with E-state index in [4.69, 9.17) is 15.2 Å². The van der Waals surface area contributed by atoms with Gasteiger partial charge in [-0.05, 0) is 26.0 Å². The third-order valence-electron chi connectivity index (χ3n) is 2.63. The Morgan fingerprint density at radius 2 is 1.95 bits per heavy atom. The van der Waals surface area contributed by atoms with E-state index < -0.39 is 5.97 Å². The van der Waals surface area contributed by atoms with E-state index in [9.17, 15) is 9.59 Å². The molecule has 0 bridgehead atoms. The Bertz CT molecular complexity index is 462. The lowest BCUT2D eigenvalue weighted by molar-refractivity contribution is -0.149. The Kier molecular flexibility index (Phi) is 6.36. The van der Waals surface area contributed by atoms with Gasteiger partial charge in [0.25, 0.3) is 5.91 Å². The lowest BCUT2D eigenvalue weighted by atomic mass is 10.3. The number of ether oxygens (including phenoxy) is 2. The summed E-state index contributed by atoms with van der Waals surface area (Å²) in [7, 11) is 0. The van der Waals surface area contributed by atoms with Crippen molar-refractivity contribution in [3.05, 3.63) is 24.3 Å². The van der Waals surface area contributed by atoms with Gasteiger partial charge in [-0.15, -0.1) is 0 Å². The van der Waals surface area contributed by atoms with Crippen molar-refractivity contribution >= 4 is 17.6 Å². The number of rotatable bonds is 7. The van der Waals surface area contributed by atoms with Gasteiger partial charge in [-0.25, -0.2) is 0 Å². The summed E-state index contributed by atoms with van der Waals surface area (Å²) in [5.41, 5.74) is 6.18. The van der Waals surface area contributed by atoms with E-state index in [0.717, 1.165) is 0 Å². The topological polar surface area (TPSA) is 81.9 Å². The Morgan fingerprint density at radius 1 is 1.25 bits per heavy atom. The van der Waals surface area contributed by atoms with Crippen LogP contribution in [0.25, 0.3) is 0 Å². The zero-order chi connectivity index (χ0) is 15.0. The number of nitrogen functional groups attached to an aromatic ring is 1. The second-order valence-corrected chi connectivity index (χ2v) is 4.04. The normalized spacial score (nSPS) is 9.90. The lowest BCUT2D eigenvalue weighted by Crippen LogP contribution is -2.39. The van der Waals surface area contributed by atoms with Crippen LogP contribution in [0.15, 0.2) is 24.3 Å². The molecule has 2 N–H and O–H groups in total. The number of hydrogen-bond acceptors (Lipinski definition) is 5. The van der Waals surface area contributed by atoms with Crippen molar-refractivity contribution in [3.63, 3.8) is 0 Å². The van der Waals surface area contributed by atoms with Crippen LogP contribution in [0.1, 0.15) is 13.8 Å². The van der Waals surface area contributed by atoms with Crippen molar-refractivity contribution in [1.29, 1.82) is 0 Å². The molecule has 0 radical (unpaired) electrons. The third-order valence-corrected chi connectivity index (χ3v) is 2.63. The van der Waals surface area contributed by atoms with Crippen LogP contribution in [-0.4, -0.2) is 43.1 Å². The van der Waals surface area contributed by atoms with Crippen LogP contribution < -0.4 is 10.5 Å². The molecule has 0 aliphatic heterocycles. The quantitative estimate of drug-likeness (QED) is 0.596. The Balaban J connectivity index is 2.51. The van der Waals surface area contributed by atoms with Gasteiger partial charge >= 0.3 is 5.97 Å². The van der Waals surface area contributed by atoms with Gasteiger partial charge in [0.2, 0.25) is 0 Å². The predicted octanol–water partition coefficient (Wildman–Crippen LogP) is 1.06. The average molecular weight is 280 g/mol. The molecule has 0 spiro atoms. The molecular weight excluding hydrogens is 260 g/mol. The molecule has 0 aromatic heterocycles. The second-order valence-electron chi connectivity index (χ2n) is 4.04. The number of nitrogens with zero attached hydrogens (tertiary/aromatic N) is 1. The maximum atomic E-state index is 12.0. The molecule has 0 aliphatic carbocycles. The standard InChI is InChI=1S/C14H20N2O4/c1-3-16(9-14(18)19-4-2)13(17)10-20-12-8-6-5-7-11(12)15/h5-8H,3-4,9-10,15H2,1-2H3. The number of nitrogens with two attached hydrogens (primary N) is 1. The van der Waals surface area contributed by atoms with Crippen LogP contribution in [-0.2, 0) is 14.3 Å². The number of anilines is 1. The highest BCUT2D eigenvalue weighted by Crippen LogP contribution is 2.19. The average Bonchev–Trinajstić information content (AvgIpc) is 2.44. The van der Waals surface area contributed by atoms with E-state index in [-0.39, 0.29) is 19.1 Å². The Labute approximate surface area is 118 Å². The fraction of sp³-hybridized carbons (Fsp3) is 0.429. The van der Waals surface area contributed by atoms with Crippen molar-refractivity contribution in [2.24, 2.45) is 0 Å². The molecule has 0 heterocycles. The van der Waals surface area contributed by atoms with Crippen molar-refractivity contribution in [2.45, 2.75) is 13.8 Å². The monoisotopic (exact) mass is 280 g/mol. The fourth-order valence-electron chi connectivity index (χ4n) is 1.58. The smallest absolute Gasteiger partial charge is 0.325 e. The first-order valence-electron chi connectivity index (χ1n) is 6.49. The number of benzene rings is 1. The van der Waals surface area contributed by atoms with E-state index in [0.29, 0.717) is 24.6 Å². The van der Waals surface area contributed by atoms with Gasteiger partial charge in [0.1, 0.15) is 12.3 Å². The summed E-state index contributed by atoms with van der Waals surface area (Å²) in [6, 6.07) is 6.93. The fourth-order valence-corrected chi connectivity index (χ4v) is 1.58. The maximum absolute atomic E-state index is 12.0. The molecule has 110 valence electrons. The first kappa shape index (κ1) is 15.8. The highest BCUT2D eigenvalue weighted by Gasteiger charge is 2.17. The molecule has 6 heteroatoms. The number of hydrogen-bond donors (Lipinski definition) is 1. The van der Waals surface area contributed by atoms with Crippen molar-refractivity contribution in [3.8, 4) is 5.75 Å². The van der Waals surface area contributed by atoms with E-state index >= 15 is 0 Å². The minimum absolute atomic E-state index is 0.0726. The van der Waals surface area contributed by atoms with Crippen LogP contribution >= 0.6 is 0 Å². The van der Waals surface area contributed by atoms with E-state index in [1.807, 2.05) is 0 Å². The van der Waals surface area contributed by atoms with Gasteiger partial charge in [-0.3, -0.25) is 9.59 Å². The first-order valence-corrected chi connectivity index (χ1v) is 6.49. The SMILES string of the molecule is CCOC(=O)CN(CC)C(=O)COc1ccccc1N. The largest absolute Gasteiger partial charge is 0.482 e. The van der Waals surface area contributed by atoms with Crippen molar-refractivity contribution < 1.29 is 19.1 Å². The maximum Gasteiger partial charge on any atom is 0.325 e. The van der Waals surface area contributed by atoms with Crippen molar-refractivity contribution in [2.75, 3.05) is 32.0 Å². The molecule has 0 saturated carbocycles. The summed E-state index contributed by atoms with van der Waals surface area (Å²) in [4.78, 5) is 24.7. The third kappa shape index (κ3) is 4.79. The molecule has 0 unspecified atom stereocenters. The van der Waals surface area contributed by atoms with Gasteiger partial charge < -0.3 is 20.1 Å². The molecule has 0 saturated heterocycles. The van der Waals surface area contributed by atoms with Gasteiger partial charge in [0.05, 0.1) is 12.3 Å². The molecule has 1 amide bonds. The minimum atomic E-state index is -0.429. The van der Waals surface area contributed by atoms with Gasteiger partial charge in [0, 0.05) is 6.54 Å². The molecule has 1 rings (SSSR count). The number of carbonyl (C=O) groups is 2. The van der Waals surface area contributed by atoms with Crippen LogP contribution in [0.5, 0.6) is 5.75 Å². The van der Waals surface area contributed by atoms with Gasteiger partial charge in [-0.1, -0.05) is 12.1 Å². The number of amides is 1. The molecular formula is C14H20N2O4. The van der Waals surface area contributed by atoms with Crippen molar-refractivity contribution in [1.82, 2.24) is 4.90 Å². The number of likely N-dealkylation sites (N-methyl/N-ethyl adjacent to an activating group) is 1. The summed E-state index contributed by atoms with van der Waals surface area (Å²) in [6.45, 7) is 3.97. The lowest BCUT2D eigenvalue weighted by Gasteiger charge is -2.20. The summed E-state index contributed by atoms with van der Waals surface area (Å²) in [5.74, 6) is -0.265. The van der Waals surface area contributed by atoms with E-state index in [1.165, 1.54) is 4.90 Å². The predicted molar refractivity (Wildman–Crippen MR) is 75.2 cm³/mol. The number of para-hydroxylation sites is 2. The second kappa shape index (κ2) is 8.04. The molecule has 6 nitrogen and oxygen atoms in total. The molecule has 0 fully saturated rings. The summed E-state index contributed by atoms with van der Waals surface area (Å²) in [5, 5.41) is 0. The summed E-state index contributed by atoms with van der Waals surface area (Å²) in [6.07, 6.45) is 0. The minimum Gasteiger partial charge on any atom is -0.482 e. The summed E-state index contributed by atoms with van der Waals surface area (Å²) >= 11 is 0. The molecule has 0 atom stereocenters. The molecule has 1 aromatic rings. The zero-order valence-corrected chi connectivity index (χ0v) is 11.8. The van der Waals surface area contributed by atoms with Gasteiger partial charge in [-0.2, -0.15) is 0 Å². The van der Waals surface area contributed by atoms with Gasteiger partial charge in [0.15, 0.2) is 6.61 Å². The number of carbonyl (C=O) groups excluding carboxylic acids is 2.